The van der Waals surface area contributed by atoms with Crippen molar-refractivity contribution in [2.45, 2.75) is 0 Å². The Kier molecular flexibility index (Phi) is 3.79. The lowest BCUT2D eigenvalue weighted by Crippen LogP contribution is -2.23. The van der Waals surface area contributed by atoms with Gasteiger partial charge in [0.05, 0.1) is 0 Å². The molecule has 96 valence electrons. The lowest BCUT2D eigenvalue weighted by atomic mass is 10.5. The van der Waals surface area contributed by atoms with Gasteiger partial charge in [-0.1, -0.05) is 5.16 Å². The number of amides is 1. The van der Waals surface area contributed by atoms with E-state index >= 15 is 0 Å². The van der Waals surface area contributed by atoms with Crippen molar-refractivity contribution in [1.82, 2.24) is 5.16 Å². The van der Waals surface area contributed by atoms with Crippen LogP contribution in [0.3, 0.4) is 0 Å². The molecule has 1 aliphatic rings. The fourth-order valence-corrected chi connectivity index (χ4v) is 1.13. The zero-order chi connectivity index (χ0) is 12.8. The number of ether oxygens (including phenoxy) is 3. The minimum atomic E-state index is -0.759. The molecule has 18 heavy (non-hydrogen) atoms. The second-order valence-electron chi connectivity index (χ2n) is 3.21. The highest BCUT2D eigenvalue weighted by atomic mass is 16.6. The monoisotopic (exact) mass is 254 g/mol. The zero-order valence-electron chi connectivity index (χ0n) is 9.25. The highest BCUT2D eigenvalue weighted by Gasteiger charge is 2.18. The lowest BCUT2D eigenvalue weighted by molar-refractivity contribution is -0.148. The maximum Gasteiger partial charge on any atom is 0.377 e. The van der Waals surface area contributed by atoms with Crippen LogP contribution >= 0.6 is 0 Å². The van der Waals surface area contributed by atoms with Gasteiger partial charge in [-0.3, -0.25) is 4.79 Å². The van der Waals surface area contributed by atoms with Crippen molar-refractivity contribution in [2.24, 2.45) is 0 Å². The average Bonchev–Trinajstić information content (AvgIpc) is 2.90. The van der Waals surface area contributed by atoms with Gasteiger partial charge in [0.2, 0.25) is 5.76 Å². The summed E-state index contributed by atoms with van der Waals surface area (Å²) in [4.78, 5) is 22.7. The topological polar surface area (TPSA) is 99.9 Å². The Morgan fingerprint density at radius 1 is 1.44 bits per heavy atom. The highest BCUT2D eigenvalue weighted by molar-refractivity contribution is 5.93. The number of nitrogens with zero attached hydrogens (tertiary/aromatic N) is 1. The number of esters is 1. The van der Waals surface area contributed by atoms with Crippen LogP contribution in [0.5, 0.6) is 0 Å². The Balaban J connectivity index is 1.75. The molecule has 1 aromatic heterocycles. The van der Waals surface area contributed by atoms with Crippen molar-refractivity contribution < 1.29 is 28.3 Å². The summed E-state index contributed by atoms with van der Waals surface area (Å²) >= 11 is 0. The molecular weight excluding hydrogens is 244 g/mol. The third kappa shape index (κ3) is 3.24. The van der Waals surface area contributed by atoms with Crippen molar-refractivity contribution in [2.75, 3.05) is 25.1 Å². The van der Waals surface area contributed by atoms with Gasteiger partial charge in [-0.15, -0.1) is 0 Å². The third-order valence-corrected chi connectivity index (χ3v) is 1.89. The number of carbonyl (C=O) groups excluding carboxylic acids is 2. The van der Waals surface area contributed by atoms with E-state index in [1.54, 1.807) is 0 Å². The van der Waals surface area contributed by atoms with Crippen LogP contribution < -0.4 is 5.32 Å². The van der Waals surface area contributed by atoms with E-state index in [0.717, 1.165) is 6.26 Å². The summed E-state index contributed by atoms with van der Waals surface area (Å²) in [5.41, 5.74) is 0. The Bertz CT molecular complexity index is 453. The van der Waals surface area contributed by atoms with Gasteiger partial charge in [0, 0.05) is 6.07 Å². The second-order valence-corrected chi connectivity index (χ2v) is 3.21. The zero-order valence-corrected chi connectivity index (χ0v) is 9.25. The Morgan fingerprint density at radius 2 is 2.33 bits per heavy atom. The molecule has 0 unspecified atom stereocenters. The van der Waals surface area contributed by atoms with Gasteiger partial charge in [-0.05, 0) is 0 Å². The first-order valence-electron chi connectivity index (χ1n) is 5.07. The number of anilines is 1. The first-order chi connectivity index (χ1) is 8.75. The Hall–Kier alpha value is -2.51. The van der Waals surface area contributed by atoms with Gasteiger partial charge in [0.15, 0.2) is 12.4 Å². The van der Waals surface area contributed by atoms with Crippen LogP contribution in [-0.4, -0.2) is 36.9 Å². The predicted octanol–water partition coefficient (Wildman–Crippen LogP) is 0.0445. The molecule has 8 heteroatoms. The average molecular weight is 254 g/mol. The molecule has 2 rings (SSSR count). The second kappa shape index (κ2) is 5.71. The van der Waals surface area contributed by atoms with Gasteiger partial charge in [0.25, 0.3) is 5.91 Å². The fraction of sp³-hybridized carbons (Fsp3) is 0.300. The standard InChI is InChI=1S/C10H10N2O6/c13-9(11-8-1-2-18-12-8)6-17-10(14)7-5-15-3-4-16-7/h1-2,5H,3-4,6H2,(H,11,12,13). The molecule has 0 saturated carbocycles. The van der Waals surface area contributed by atoms with E-state index in [2.05, 4.69) is 15.0 Å². The van der Waals surface area contributed by atoms with E-state index in [-0.39, 0.29) is 18.2 Å². The van der Waals surface area contributed by atoms with Gasteiger partial charge < -0.3 is 24.1 Å². The maximum absolute atomic E-state index is 11.4. The molecule has 0 atom stereocenters. The van der Waals surface area contributed by atoms with Gasteiger partial charge in [-0.25, -0.2) is 4.79 Å². The molecular formula is C10H10N2O6. The Morgan fingerprint density at radius 3 is 3.00 bits per heavy atom. The molecule has 1 aromatic rings. The Labute approximate surface area is 101 Å². The van der Waals surface area contributed by atoms with Crippen LogP contribution in [0.25, 0.3) is 0 Å². The number of carbonyl (C=O) groups is 2. The molecule has 1 N–H and O–H groups in total. The molecule has 8 nitrogen and oxygen atoms in total. The quantitative estimate of drug-likeness (QED) is 0.757. The van der Waals surface area contributed by atoms with Crippen molar-refractivity contribution in [3.63, 3.8) is 0 Å². The van der Waals surface area contributed by atoms with Crippen LogP contribution in [-0.2, 0) is 23.8 Å². The molecule has 1 amide bonds. The normalized spacial score (nSPS) is 13.9. The molecule has 1 aliphatic heterocycles. The van der Waals surface area contributed by atoms with Gasteiger partial charge in [-0.2, -0.15) is 0 Å². The van der Waals surface area contributed by atoms with Crippen molar-refractivity contribution >= 4 is 17.7 Å². The summed E-state index contributed by atoms with van der Waals surface area (Å²) < 4.78 is 19.1. The van der Waals surface area contributed by atoms with Crippen molar-refractivity contribution in [3.05, 3.63) is 24.4 Å². The number of nitrogens with one attached hydrogen (secondary N) is 1. The first-order valence-corrected chi connectivity index (χ1v) is 5.07. The van der Waals surface area contributed by atoms with E-state index < -0.39 is 18.5 Å². The first kappa shape index (κ1) is 12.0. The van der Waals surface area contributed by atoms with Crippen LogP contribution in [0.15, 0.2) is 28.9 Å². The molecule has 0 saturated heterocycles. The molecule has 0 aromatic carbocycles. The van der Waals surface area contributed by atoms with Crippen LogP contribution in [0.2, 0.25) is 0 Å². The van der Waals surface area contributed by atoms with Crippen LogP contribution in [0.4, 0.5) is 5.82 Å². The predicted molar refractivity (Wildman–Crippen MR) is 56.1 cm³/mol. The largest absolute Gasteiger partial charge is 0.493 e. The summed E-state index contributed by atoms with van der Waals surface area (Å²) in [6, 6.07) is 1.46. The lowest BCUT2D eigenvalue weighted by Gasteiger charge is -2.14. The van der Waals surface area contributed by atoms with Crippen molar-refractivity contribution in [1.29, 1.82) is 0 Å². The molecule has 2 heterocycles. The molecule has 0 spiro atoms. The number of hydrogen-bond acceptors (Lipinski definition) is 7. The summed E-state index contributed by atoms with van der Waals surface area (Å²) in [5, 5.41) is 5.84. The van der Waals surface area contributed by atoms with E-state index in [1.165, 1.54) is 12.3 Å². The highest BCUT2D eigenvalue weighted by Crippen LogP contribution is 2.06. The van der Waals surface area contributed by atoms with Crippen LogP contribution in [0.1, 0.15) is 0 Å². The summed E-state index contributed by atoms with van der Waals surface area (Å²) in [6.45, 7) is 0.196. The summed E-state index contributed by atoms with van der Waals surface area (Å²) in [5.74, 6) is -1.11. The summed E-state index contributed by atoms with van der Waals surface area (Å²) in [7, 11) is 0. The van der Waals surface area contributed by atoms with E-state index in [4.69, 9.17) is 14.2 Å². The number of aromatic nitrogens is 1. The molecule has 0 radical (unpaired) electrons. The summed E-state index contributed by atoms with van der Waals surface area (Å²) in [6.07, 6.45) is 2.46. The smallest absolute Gasteiger partial charge is 0.377 e. The van der Waals surface area contributed by atoms with E-state index in [9.17, 15) is 9.59 Å². The van der Waals surface area contributed by atoms with Crippen LogP contribution in [0, 0.1) is 0 Å². The van der Waals surface area contributed by atoms with Gasteiger partial charge >= 0.3 is 5.97 Å². The van der Waals surface area contributed by atoms with E-state index in [0.29, 0.717) is 6.61 Å². The molecule has 0 bridgehead atoms. The maximum atomic E-state index is 11.4. The SMILES string of the molecule is O=C(COC(=O)C1=COCCO1)Nc1ccon1. The van der Waals surface area contributed by atoms with E-state index in [1.807, 2.05) is 0 Å². The minimum absolute atomic E-state index is 0.0597. The van der Waals surface area contributed by atoms with Gasteiger partial charge in [0.1, 0.15) is 25.7 Å². The minimum Gasteiger partial charge on any atom is -0.493 e. The number of hydrogen-bond donors (Lipinski definition) is 1. The molecule has 0 aliphatic carbocycles. The third-order valence-electron chi connectivity index (χ3n) is 1.89. The number of rotatable bonds is 4. The fourth-order valence-electron chi connectivity index (χ4n) is 1.13. The molecule has 0 fully saturated rings. The van der Waals surface area contributed by atoms with Crippen molar-refractivity contribution in [3.8, 4) is 0 Å².